The van der Waals surface area contributed by atoms with Gasteiger partial charge >= 0.3 is 0 Å². The van der Waals surface area contributed by atoms with Crippen LogP contribution in [0.15, 0.2) is 24.8 Å². The molecule has 0 bridgehead atoms. The zero-order valence-corrected chi connectivity index (χ0v) is 19.2. The zero-order valence-electron chi connectivity index (χ0n) is 18.4. The SMILES string of the molecule is CCc1cc(Cl)cc(N2CCC(C)(CCC(=O)NN)C2)c1Cn1cnc2c(N)ncnc21. The lowest BCUT2D eigenvalue weighted by Crippen LogP contribution is -2.32. The Labute approximate surface area is 192 Å². The van der Waals surface area contributed by atoms with Crippen molar-refractivity contribution in [2.75, 3.05) is 23.7 Å². The van der Waals surface area contributed by atoms with Gasteiger partial charge in [0.25, 0.3) is 0 Å². The second-order valence-electron chi connectivity index (χ2n) is 8.77. The van der Waals surface area contributed by atoms with Crippen molar-refractivity contribution in [1.29, 1.82) is 0 Å². The van der Waals surface area contributed by atoms with E-state index in [9.17, 15) is 4.79 Å². The quantitative estimate of drug-likeness (QED) is 0.283. The number of rotatable bonds is 7. The van der Waals surface area contributed by atoms with E-state index >= 15 is 0 Å². The maximum absolute atomic E-state index is 11.7. The number of carbonyl (C=O) groups excluding carboxylic acids is 1. The van der Waals surface area contributed by atoms with Gasteiger partial charge in [-0.25, -0.2) is 20.8 Å². The average Bonchev–Trinajstić information content (AvgIpc) is 3.38. The van der Waals surface area contributed by atoms with Gasteiger partial charge in [-0.15, -0.1) is 0 Å². The fourth-order valence-electron chi connectivity index (χ4n) is 4.56. The topological polar surface area (TPSA) is 128 Å². The van der Waals surface area contributed by atoms with Gasteiger partial charge in [0, 0.05) is 30.2 Å². The number of aromatic nitrogens is 4. The molecule has 3 aromatic rings. The lowest BCUT2D eigenvalue weighted by atomic mass is 9.84. The fourth-order valence-corrected chi connectivity index (χ4v) is 4.80. The summed E-state index contributed by atoms with van der Waals surface area (Å²) in [6.45, 7) is 6.71. The third-order valence-electron chi connectivity index (χ3n) is 6.44. The van der Waals surface area contributed by atoms with E-state index in [2.05, 4.69) is 39.1 Å². The molecule has 1 atom stereocenters. The molecule has 1 amide bonds. The first-order chi connectivity index (χ1) is 15.3. The van der Waals surface area contributed by atoms with Crippen molar-refractivity contribution >= 4 is 40.2 Å². The summed E-state index contributed by atoms with van der Waals surface area (Å²) < 4.78 is 2.00. The van der Waals surface area contributed by atoms with Gasteiger partial charge in [0.2, 0.25) is 5.91 Å². The van der Waals surface area contributed by atoms with Gasteiger partial charge in [0.1, 0.15) is 11.8 Å². The fraction of sp³-hybridized carbons (Fsp3) is 0.455. The number of nitrogens with two attached hydrogens (primary N) is 2. The molecule has 1 aliphatic heterocycles. The van der Waals surface area contributed by atoms with Crippen molar-refractivity contribution in [1.82, 2.24) is 24.9 Å². The summed E-state index contributed by atoms with van der Waals surface area (Å²) in [5, 5.41) is 0.721. The number of hydrazine groups is 1. The highest BCUT2D eigenvalue weighted by atomic mass is 35.5. The molecule has 1 aromatic carbocycles. The van der Waals surface area contributed by atoms with E-state index in [-0.39, 0.29) is 11.3 Å². The molecule has 10 heteroatoms. The van der Waals surface area contributed by atoms with Gasteiger partial charge in [-0.2, -0.15) is 0 Å². The van der Waals surface area contributed by atoms with Crippen LogP contribution in [0, 0.1) is 5.41 Å². The highest BCUT2D eigenvalue weighted by Gasteiger charge is 2.35. The monoisotopic (exact) mass is 456 g/mol. The Bertz CT molecular complexity index is 1150. The Kier molecular flexibility index (Phi) is 6.21. The van der Waals surface area contributed by atoms with E-state index in [1.165, 1.54) is 17.5 Å². The third kappa shape index (κ3) is 4.35. The number of nitrogen functional groups attached to an aromatic ring is 1. The number of anilines is 2. The number of nitrogens with one attached hydrogen (secondary N) is 1. The van der Waals surface area contributed by atoms with Crippen molar-refractivity contribution in [3.05, 3.63) is 40.9 Å². The van der Waals surface area contributed by atoms with Crippen LogP contribution in [-0.2, 0) is 17.8 Å². The number of carbonyl (C=O) groups is 1. The molecule has 0 saturated carbocycles. The first-order valence-electron chi connectivity index (χ1n) is 10.8. The number of aryl methyl sites for hydroxylation is 1. The summed E-state index contributed by atoms with van der Waals surface area (Å²) in [5.74, 6) is 5.49. The molecule has 1 unspecified atom stereocenters. The average molecular weight is 457 g/mol. The lowest BCUT2D eigenvalue weighted by Gasteiger charge is -2.28. The third-order valence-corrected chi connectivity index (χ3v) is 6.66. The Morgan fingerprint density at radius 2 is 2.12 bits per heavy atom. The largest absolute Gasteiger partial charge is 0.382 e. The molecule has 2 aromatic heterocycles. The number of hydrogen-bond acceptors (Lipinski definition) is 7. The second-order valence-corrected chi connectivity index (χ2v) is 9.21. The van der Waals surface area contributed by atoms with E-state index < -0.39 is 0 Å². The minimum Gasteiger partial charge on any atom is -0.382 e. The van der Waals surface area contributed by atoms with Crippen LogP contribution in [0.2, 0.25) is 5.02 Å². The van der Waals surface area contributed by atoms with Gasteiger partial charge in [-0.1, -0.05) is 25.4 Å². The summed E-state index contributed by atoms with van der Waals surface area (Å²) in [7, 11) is 0. The molecular weight excluding hydrogens is 428 g/mol. The van der Waals surface area contributed by atoms with Crippen molar-refractivity contribution < 1.29 is 4.79 Å². The van der Waals surface area contributed by atoms with Gasteiger partial charge in [0.15, 0.2) is 11.5 Å². The predicted molar refractivity (Wildman–Crippen MR) is 126 cm³/mol. The molecule has 0 radical (unpaired) electrons. The molecule has 5 N–H and O–H groups in total. The van der Waals surface area contributed by atoms with Crippen LogP contribution >= 0.6 is 11.6 Å². The molecule has 1 aliphatic rings. The van der Waals surface area contributed by atoms with E-state index in [4.69, 9.17) is 23.2 Å². The number of fused-ring (bicyclic) bond motifs is 1. The number of benzene rings is 1. The Balaban J connectivity index is 1.67. The molecule has 0 aliphatic carbocycles. The number of nitrogens with zero attached hydrogens (tertiary/aromatic N) is 5. The number of amides is 1. The first kappa shape index (κ1) is 22.3. The maximum Gasteiger partial charge on any atom is 0.233 e. The van der Waals surface area contributed by atoms with Crippen molar-refractivity contribution in [2.24, 2.45) is 11.3 Å². The molecule has 1 fully saturated rings. The normalized spacial score (nSPS) is 18.4. The zero-order chi connectivity index (χ0) is 22.9. The molecule has 1 saturated heterocycles. The van der Waals surface area contributed by atoms with Crippen LogP contribution in [0.3, 0.4) is 0 Å². The van der Waals surface area contributed by atoms with Crippen LogP contribution in [0.25, 0.3) is 11.2 Å². The Morgan fingerprint density at radius 1 is 1.31 bits per heavy atom. The second kappa shape index (κ2) is 8.91. The number of halogens is 1. The molecule has 32 heavy (non-hydrogen) atoms. The van der Waals surface area contributed by atoms with Gasteiger partial charge in [0.05, 0.1) is 12.9 Å². The Hall–Kier alpha value is -2.91. The molecule has 0 spiro atoms. The highest BCUT2D eigenvalue weighted by molar-refractivity contribution is 6.31. The van der Waals surface area contributed by atoms with Crippen molar-refractivity contribution in [2.45, 2.75) is 46.1 Å². The van der Waals surface area contributed by atoms with Crippen LogP contribution < -0.4 is 21.9 Å². The summed E-state index contributed by atoms with van der Waals surface area (Å²) in [6, 6.07) is 4.07. The van der Waals surface area contributed by atoms with Crippen LogP contribution in [-0.4, -0.2) is 38.5 Å². The molecular formula is C22H29ClN8O. The lowest BCUT2D eigenvalue weighted by molar-refractivity contribution is -0.121. The highest BCUT2D eigenvalue weighted by Crippen LogP contribution is 2.40. The van der Waals surface area contributed by atoms with Crippen LogP contribution in [0.5, 0.6) is 0 Å². The molecule has 9 nitrogen and oxygen atoms in total. The van der Waals surface area contributed by atoms with Crippen LogP contribution in [0.1, 0.15) is 44.2 Å². The van der Waals surface area contributed by atoms with E-state index in [1.54, 1.807) is 6.33 Å². The predicted octanol–water partition coefficient (Wildman–Crippen LogP) is 2.66. The van der Waals surface area contributed by atoms with E-state index in [0.29, 0.717) is 29.9 Å². The summed E-state index contributed by atoms with van der Waals surface area (Å²) >= 11 is 6.52. The molecule has 4 rings (SSSR count). The van der Waals surface area contributed by atoms with Gasteiger partial charge in [-0.3, -0.25) is 10.2 Å². The smallest absolute Gasteiger partial charge is 0.233 e. The standard InChI is InChI=1S/C22H29ClN8O/c1-3-14-8-15(23)9-17(30-7-6-22(2,11-30)5-4-18(32)29-25)16(14)10-31-13-28-19-20(24)26-12-27-21(19)31/h8-9,12-13H,3-7,10-11,25H2,1-2H3,(H,29,32)(H2,24,26,27). The van der Waals surface area contributed by atoms with Crippen molar-refractivity contribution in [3.63, 3.8) is 0 Å². The molecule has 170 valence electrons. The van der Waals surface area contributed by atoms with Crippen molar-refractivity contribution in [3.8, 4) is 0 Å². The van der Waals surface area contributed by atoms with Gasteiger partial charge < -0.3 is 15.2 Å². The number of imidazole rings is 1. The van der Waals surface area contributed by atoms with Gasteiger partial charge in [-0.05, 0) is 47.9 Å². The summed E-state index contributed by atoms with van der Waals surface area (Å²) in [6.07, 6.45) is 6.28. The first-order valence-corrected chi connectivity index (χ1v) is 11.2. The van der Waals surface area contributed by atoms with E-state index in [1.807, 2.05) is 16.7 Å². The molecule has 3 heterocycles. The number of hydrogen-bond donors (Lipinski definition) is 3. The van der Waals surface area contributed by atoms with Crippen LogP contribution in [0.4, 0.5) is 11.5 Å². The van der Waals surface area contributed by atoms with E-state index in [0.717, 1.165) is 43.1 Å². The maximum atomic E-state index is 11.7. The minimum atomic E-state index is -0.130. The minimum absolute atomic E-state index is 0.0296. The summed E-state index contributed by atoms with van der Waals surface area (Å²) in [4.78, 5) is 26.9. The Morgan fingerprint density at radius 3 is 2.88 bits per heavy atom. The summed E-state index contributed by atoms with van der Waals surface area (Å²) in [5.41, 5.74) is 13.0.